The lowest BCUT2D eigenvalue weighted by atomic mass is 10.3. The van der Waals surface area contributed by atoms with E-state index in [2.05, 4.69) is 0 Å². The van der Waals surface area contributed by atoms with E-state index < -0.39 is 20.1 Å². The molecule has 0 bridgehead atoms. The van der Waals surface area contributed by atoms with E-state index in [1.807, 2.05) is 19.6 Å². The summed E-state index contributed by atoms with van der Waals surface area (Å²) in [5.41, 5.74) is 0. The summed E-state index contributed by atoms with van der Waals surface area (Å²) in [4.78, 5) is 21.6. The Kier molecular flexibility index (Phi) is 3.45. The van der Waals surface area contributed by atoms with Crippen molar-refractivity contribution in [1.29, 1.82) is 0 Å². The first-order valence-electron chi connectivity index (χ1n) is 3.63. The van der Waals surface area contributed by atoms with Gasteiger partial charge in [0.25, 0.3) is 0 Å². The van der Waals surface area contributed by atoms with Crippen LogP contribution in [0.15, 0.2) is 0 Å². The first kappa shape index (κ1) is 10.4. The molecule has 11 heavy (non-hydrogen) atoms. The molecule has 0 radical (unpaired) electrons. The number of carbonyl (C=O) groups excluding carboxylic acids is 2. The van der Waals surface area contributed by atoms with Crippen LogP contribution >= 0.6 is 0 Å². The SMILES string of the molecule is CCC(=O)C(=O)O[Si](C)(C)C. The maximum atomic E-state index is 10.9. The van der Waals surface area contributed by atoms with Crippen molar-refractivity contribution in [3.63, 3.8) is 0 Å². The molecule has 4 heteroatoms. The van der Waals surface area contributed by atoms with Crippen molar-refractivity contribution in [3.05, 3.63) is 0 Å². The van der Waals surface area contributed by atoms with Crippen LogP contribution in [0.25, 0.3) is 0 Å². The van der Waals surface area contributed by atoms with Crippen LogP contribution in [0, 0.1) is 0 Å². The van der Waals surface area contributed by atoms with Crippen LogP contribution in [0.1, 0.15) is 13.3 Å². The fourth-order valence-electron chi connectivity index (χ4n) is 0.479. The molecule has 3 nitrogen and oxygen atoms in total. The van der Waals surface area contributed by atoms with Crippen LogP contribution in [0.2, 0.25) is 19.6 Å². The Morgan fingerprint density at radius 1 is 1.27 bits per heavy atom. The fourth-order valence-corrected chi connectivity index (χ4v) is 1.15. The number of hydrogen-bond donors (Lipinski definition) is 0. The second kappa shape index (κ2) is 3.66. The normalized spacial score (nSPS) is 10.9. The molecule has 0 spiro atoms. The zero-order valence-corrected chi connectivity index (χ0v) is 8.43. The average molecular weight is 174 g/mol. The predicted molar refractivity (Wildman–Crippen MR) is 44.7 cm³/mol. The van der Waals surface area contributed by atoms with Gasteiger partial charge in [0.2, 0.25) is 14.1 Å². The Morgan fingerprint density at radius 2 is 1.73 bits per heavy atom. The minimum Gasteiger partial charge on any atom is -0.514 e. The molecule has 0 fully saturated rings. The molecule has 0 saturated carbocycles. The molecule has 0 unspecified atom stereocenters. The highest BCUT2D eigenvalue weighted by molar-refractivity contribution is 6.72. The number of carbonyl (C=O) groups is 2. The lowest BCUT2D eigenvalue weighted by molar-refractivity contribution is -0.147. The van der Waals surface area contributed by atoms with Crippen LogP contribution in [-0.4, -0.2) is 20.1 Å². The van der Waals surface area contributed by atoms with Crippen molar-refractivity contribution >= 4 is 20.1 Å². The van der Waals surface area contributed by atoms with Crippen molar-refractivity contribution in [2.75, 3.05) is 0 Å². The molecule has 64 valence electrons. The van der Waals surface area contributed by atoms with E-state index in [1.54, 1.807) is 6.92 Å². The summed E-state index contributed by atoms with van der Waals surface area (Å²) in [7, 11) is -1.87. The van der Waals surface area contributed by atoms with Crippen molar-refractivity contribution in [2.45, 2.75) is 33.0 Å². The van der Waals surface area contributed by atoms with Crippen molar-refractivity contribution in [2.24, 2.45) is 0 Å². The third-order valence-electron chi connectivity index (χ3n) is 0.948. The minimum absolute atomic E-state index is 0.226. The number of hydrogen-bond acceptors (Lipinski definition) is 3. The Hall–Kier alpha value is -0.643. The molecule has 0 N–H and O–H groups in total. The van der Waals surface area contributed by atoms with E-state index in [0.717, 1.165) is 0 Å². The summed E-state index contributed by atoms with van der Waals surface area (Å²) in [6.45, 7) is 7.25. The summed E-state index contributed by atoms with van der Waals surface area (Å²) in [5, 5.41) is 0. The third-order valence-corrected chi connectivity index (χ3v) is 1.75. The molecule has 0 aromatic carbocycles. The lowest BCUT2D eigenvalue weighted by Gasteiger charge is -2.15. The first-order valence-corrected chi connectivity index (χ1v) is 7.04. The Balaban J connectivity index is 3.99. The zero-order valence-electron chi connectivity index (χ0n) is 7.43. The van der Waals surface area contributed by atoms with E-state index >= 15 is 0 Å². The molecule has 0 atom stereocenters. The summed E-state index contributed by atoms with van der Waals surface area (Å²) in [5.74, 6) is -1.11. The standard InChI is InChI=1S/C7H14O3Si/c1-5-6(8)7(9)10-11(2,3)4/h5H2,1-4H3. The minimum atomic E-state index is -1.87. The smallest absolute Gasteiger partial charge is 0.361 e. The van der Waals surface area contributed by atoms with Gasteiger partial charge in [-0.3, -0.25) is 4.79 Å². The quantitative estimate of drug-likeness (QED) is 0.479. The fraction of sp³-hybridized carbons (Fsp3) is 0.714. The van der Waals surface area contributed by atoms with Crippen LogP contribution in [0.4, 0.5) is 0 Å². The zero-order chi connectivity index (χ0) is 9.07. The van der Waals surface area contributed by atoms with Crippen molar-refractivity contribution in [3.8, 4) is 0 Å². The van der Waals surface area contributed by atoms with Gasteiger partial charge < -0.3 is 4.43 Å². The first-order chi connectivity index (χ1) is 4.87. The predicted octanol–water partition coefficient (Wildman–Crippen LogP) is 1.34. The lowest BCUT2D eigenvalue weighted by Crippen LogP contribution is -2.32. The molecular formula is C7H14O3Si. The van der Waals surface area contributed by atoms with Gasteiger partial charge in [-0.05, 0) is 19.6 Å². The number of ketones is 1. The van der Waals surface area contributed by atoms with E-state index in [0.29, 0.717) is 0 Å². The summed E-state index contributed by atoms with van der Waals surface area (Å²) >= 11 is 0. The van der Waals surface area contributed by atoms with Crippen LogP contribution in [0.5, 0.6) is 0 Å². The van der Waals surface area contributed by atoms with E-state index in [1.165, 1.54) is 0 Å². The van der Waals surface area contributed by atoms with E-state index in [9.17, 15) is 9.59 Å². The van der Waals surface area contributed by atoms with Crippen LogP contribution in [-0.2, 0) is 14.0 Å². The van der Waals surface area contributed by atoms with Gasteiger partial charge in [-0.2, -0.15) is 0 Å². The molecule has 0 aliphatic heterocycles. The Labute approximate surface area is 67.9 Å². The highest BCUT2D eigenvalue weighted by Crippen LogP contribution is 2.03. The van der Waals surface area contributed by atoms with Gasteiger partial charge in [-0.15, -0.1) is 0 Å². The van der Waals surface area contributed by atoms with E-state index in [-0.39, 0.29) is 6.42 Å². The van der Waals surface area contributed by atoms with Gasteiger partial charge in [-0.1, -0.05) is 6.92 Å². The van der Waals surface area contributed by atoms with Gasteiger partial charge in [0, 0.05) is 6.42 Å². The summed E-state index contributed by atoms with van der Waals surface area (Å²) in [6.07, 6.45) is 0.226. The molecule has 0 rings (SSSR count). The van der Waals surface area contributed by atoms with Gasteiger partial charge >= 0.3 is 5.97 Å². The molecule has 0 heterocycles. The molecule has 0 amide bonds. The maximum Gasteiger partial charge on any atom is 0.361 e. The van der Waals surface area contributed by atoms with Crippen molar-refractivity contribution in [1.82, 2.24) is 0 Å². The van der Waals surface area contributed by atoms with Gasteiger partial charge in [0.05, 0.1) is 0 Å². The molecular weight excluding hydrogens is 160 g/mol. The highest BCUT2D eigenvalue weighted by atomic mass is 28.4. The molecule has 0 saturated heterocycles. The van der Waals surface area contributed by atoms with Crippen LogP contribution in [0.3, 0.4) is 0 Å². The monoisotopic (exact) mass is 174 g/mol. The van der Waals surface area contributed by atoms with Crippen molar-refractivity contribution < 1.29 is 14.0 Å². The highest BCUT2D eigenvalue weighted by Gasteiger charge is 2.23. The molecule has 0 aromatic rings. The van der Waals surface area contributed by atoms with Gasteiger partial charge in [0.1, 0.15) is 0 Å². The van der Waals surface area contributed by atoms with E-state index in [4.69, 9.17) is 4.43 Å². The largest absolute Gasteiger partial charge is 0.514 e. The van der Waals surface area contributed by atoms with Gasteiger partial charge in [-0.25, -0.2) is 4.79 Å². The third kappa shape index (κ3) is 4.72. The second-order valence-electron chi connectivity index (χ2n) is 3.28. The topological polar surface area (TPSA) is 43.4 Å². The molecule has 0 aromatic heterocycles. The average Bonchev–Trinajstić information content (AvgIpc) is 1.82. The van der Waals surface area contributed by atoms with Gasteiger partial charge in [0.15, 0.2) is 0 Å². The number of Topliss-reactive ketones (excluding diaryl/α,β-unsaturated/α-hetero) is 1. The summed E-state index contributed by atoms with van der Waals surface area (Å²) < 4.78 is 4.94. The Bertz CT molecular complexity index is 169. The van der Waals surface area contributed by atoms with Crippen LogP contribution < -0.4 is 0 Å². The second-order valence-corrected chi connectivity index (χ2v) is 7.71. The summed E-state index contributed by atoms with van der Waals surface area (Å²) in [6, 6.07) is 0. The number of rotatable bonds is 3. The Morgan fingerprint density at radius 3 is 2.00 bits per heavy atom. The molecule has 0 aliphatic rings. The molecule has 0 aliphatic carbocycles. The maximum absolute atomic E-state index is 10.9.